The van der Waals surface area contributed by atoms with Crippen LogP contribution in [0.5, 0.6) is 0 Å². The van der Waals surface area contributed by atoms with Gasteiger partial charge in [0.25, 0.3) is 5.91 Å². The Hall–Kier alpha value is -1.88. The van der Waals surface area contributed by atoms with Crippen LogP contribution in [0.2, 0.25) is 0 Å². The van der Waals surface area contributed by atoms with Crippen LogP contribution in [0.1, 0.15) is 15.9 Å². The molecule has 0 aliphatic heterocycles. The van der Waals surface area contributed by atoms with Gasteiger partial charge in [0, 0.05) is 5.56 Å². The van der Waals surface area contributed by atoms with E-state index in [1.165, 1.54) is 0 Å². The summed E-state index contributed by atoms with van der Waals surface area (Å²) in [6.07, 6.45) is 0. The van der Waals surface area contributed by atoms with E-state index in [-0.39, 0.29) is 0 Å². The molecule has 5 heteroatoms. The number of amides is 1. The predicted molar refractivity (Wildman–Crippen MR) is 57.2 cm³/mol. The summed E-state index contributed by atoms with van der Waals surface area (Å²) >= 11 is 0. The second kappa shape index (κ2) is 5.27. The number of carbonyl (C=O) groups is 2. The Labute approximate surface area is 92.7 Å². The van der Waals surface area contributed by atoms with Crippen molar-refractivity contribution in [3.63, 3.8) is 0 Å². The molecule has 0 spiro atoms. The molecule has 5 nitrogen and oxygen atoms in total. The van der Waals surface area contributed by atoms with Gasteiger partial charge >= 0.3 is 5.97 Å². The molecular formula is C11H13NO4. The normalized spacial score (nSPS) is 11.9. The monoisotopic (exact) mass is 223 g/mol. The molecule has 1 rings (SSSR count). The van der Waals surface area contributed by atoms with Gasteiger partial charge in [-0.3, -0.25) is 4.79 Å². The van der Waals surface area contributed by atoms with E-state index in [0.717, 1.165) is 5.56 Å². The molecule has 0 aliphatic carbocycles. The summed E-state index contributed by atoms with van der Waals surface area (Å²) in [5.41, 5.74) is 1.28. The van der Waals surface area contributed by atoms with E-state index in [1.54, 1.807) is 18.2 Å². The first kappa shape index (κ1) is 12.2. The van der Waals surface area contributed by atoms with Crippen LogP contribution in [-0.4, -0.2) is 34.7 Å². The molecule has 16 heavy (non-hydrogen) atoms. The highest BCUT2D eigenvalue weighted by atomic mass is 16.4. The van der Waals surface area contributed by atoms with Crippen molar-refractivity contribution < 1.29 is 19.8 Å². The van der Waals surface area contributed by atoms with Gasteiger partial charge in [-0.05, 0) is 19.1 Å². The van der Waals surface area contributed by atoms with Crippen LogP contribution in [-0.2, 0) is 4.79 Å². The molecule has 1 aromatic carbocycles. The standard InChI is InChI=1S/C11H13NO4/c1-7-3-2-4-8(5-7)10(14)12-9(6-13)11(15)16/h2-5,9,13H,6H2,1H3,(H,12,14)(H,15,16)/t9-/m1/s1. The van der Waals surface area contributed by atoms with Crippen molar-refractivity contribution in [3.8, 4) is 0 Å². The highest BCUT2D eigenvalue weighted by Crippen LogP contribution is 2.03. The van der Waals surface area contributed by atoms with Crippen LogP contribution >= 0.6 is 0 Å². The number of hydrogen-bond acceptors (Lipinski definition) is 3. The van der Waals surface area contributed by atoms with Crippen molar-refractivity contribution >= 4 is 11.9 Å². The van der Waals surface area contributed by atoms with Gasteiger partial charge in [0.2, 0.25) is 0 Å². The average molecular weight is 223 g/mol. The largest absolute Gasteiger partial charge is 0.480 e. The van der Waals surface area contributed by atoms with E-state index in [1.807, 2.05) is 13.0 Å². The van der Waals surface area contributed by atoms with Crippen LogP contribution in [0.3, 0.4) is 0 Å². The van der Waals surface area contributed by atoms with E-state index in [9.17, 15) is 9.59 Å². The van der Waals surface area contributed by atoms with Gasteiger partial charge in [0.1, 0.15) is 0 Å². The predicted octanol–water partition coefficient (Wildman–Crippen LogP) is 0.170. The summed E-state index contributed by atoms with van der Waals surface area (Å²) < 4.78 is 0. The first-order valence-electron chi connectivity index (χ1n) is 4.76. The molecular weight excluding hydrogens is 210 g/mol. The zero-order valence-electron chi connectivity index (χ0n) is 8.80. The molecule has 0 radical (unpaired) electrons. The first-order chi connectivity index (χ1) is 7.54. The van der Waals surface area contributed by atoms with E-state index in [0.29, 0.717) is 5.56 Å². The number of carboxylic acids is 1. The smallest absolute Gasteiger partial charge is 0.328 e. The Morgan fingerprint density at radius 2 is 2.12 bits per heavy atom. The number of benzene rings is 1. The molecule has 0 saturated heterocycles. The Morgan fingerprint density at radius 3 is 2.62 bits per heavy atom. The summed E-state index contributed by atoms with van der Waals surface area (Å²) in [7, 11) is 0. The van der Waals surface area contributed by atoms with Crippen LogP contribution < -0.4 is 5.32 Å². The van der Waals surface area contributed by atoms with Gasteiger partial charge in [0.05, 0.1) is 6.61 Å². The van der Waals surface area contributed by atoms with Crippen molar-refractivity contribution in [2.75, 3.05) is 6.61 Å². The van der Waals surface area contributed by atoms with Gasteiger partial charge in [-0.15, -0.1) is 0 Å². The fourth-order valence-corrected chi connectivity index (χ4v) is 1.21. The van der Waals surface area contributed by atoms with Gasteiger partial charge in [-0.1, -0.05) is 17.7 Å². The molecule has 86 valence electrons. The number of hydrogen-bond donors (Lipinski definition) is 3. The molecule has 0 unspecified atom stereocenters. The number of nitrogens with one attached hydrogen (secondary N) is 1. The summed E-state index contributed by atoms with van der Waals surface area (Å²) in [4.78, 5) is 22.2. The van der Waals surface area contributed by atoms with Crippen LogP contribution in [0.15, 0.2) is 24.3 Å². The minimum Gasteiger partial charge on any atom is -0.480 e. The molecule has 0 bridgehead atoms. The summed E-state index contributed by atoms with van der Waals surface area (Å²) in [6.45, 7) is 1.20. The van der Waals surface area contributed by atoms with Crippen LogP contribution in [0.4, 0.5) is 0 Å². The lowest BCUT2D eigenvalue weighted by Gasteiger charge is -2.11. The molecule has 0 aromatic heterocycles. The SMILES string of the molecule is Cc1cccc(C(=O)N[C@H](CO)C(=O)O)c1. The number of aliphatic hydroxyl groups excluding tert-OH is 1. The third-order valence-corrected chi connectivity index (χ3v) is 2.07. The second-order valence-corrected chi connectivity index (χ2v) is 3.42. The van der Waals surface area contributed by atoms with Crippen molar-refractivity contribution in [2.45, 2.75) is 13.0 Å². The maximum Gasteiger partial charge on any atom is 0.328 e. The quantitative estimate of drug-likeness (QED) is 0.679. The van der Waals surface area contributed by atoms with Crippen molar-refractivity contribution in [1.29, 1.82) is 0 Å². The van der Waals surface area contributed by atoms with Crippen LogP contribution in [0, 0.1) is 6.92 Å². The van der Waals surface area contributed by atoms with Gasteiger partial charge in [-0.2, -0.15) is 0 Å². The Morgan fingerprint density at radius 1 is 1.44 bits per heavy atom. The zero-order valence-corrected chi connectivity index (χ0v) is 8.80. The summed E-state index contributed by atoms with van der Waals surface area (Å²) in [5, 5.41) is 19.6. The topological polar surface area (TPSA) is 86.6 Å². The maximum atomic E-state index is 11.6. The van der Waals surface area contributed by atoms with Crippen molar-refractivity contribution in [2.24, 2.45) is 0 Å². The second-order valence-electron chi connectivity index (χ2n) is 3.42. The third kappa shape index (κ3) is 3.06. The fraction of sp³-hybridized carbons (Fsp3) is 0.273. The van der Waals surface area contributed by atoms with E-state index >= 15 is 0 Å². The van der Waals surface area contributed by atoms with E-state index in [4.69, 9.17) is 10.2 Å². The fourth-order valence-electron chi connectivity index (χ4n) is 1.21. The molecule has 1 amide bonds. The third-order valence-electron chi connectivity index (χ3n) is 2.07. The molecule has 3 N–H and O–H groups in total. The first-order valence-corrected chi connectivity index (χ1v) is 4.76. The van der Waals surface area contributed by atoms with Gasteiger partial charge in [0.15, 0.2) is 6.04 Å². The number of carboxylic acid groups (broad SMARTS) is 1. The Kier molecular flexibility index (Phi) is 4.02. The lowest BCUT2D eigenvalue weighted by atomic mass is 10.1. The molecule has 0 aliphatic rings. The minimum absolute atomic E-state index is 0.375. The maximum absolute atomic E-state index is 11.6. The molecule has 0 fully saturated rings. The van der Waals surface area contributed by atoms with E-state index < -0.39 is 24.5 Å². The van der Waals surface area contributed by atoms with E-state index in [2.05, 4.69) is 5.32 Å². The number of aliphatic hydroxyl groups is 1. The summed E-state index contributed by atoms with van der Waals surface area (Å²) in [6, 6.07) is 5.49. The number of rotatable bonds is 4. The number of aryl methyl sites for hydroxylation is 1. The Balaban J connectivity index is 2.75. The number of carbonyl (C=O) groups excluding carboxylic acids is 1. The molecule has 1 atom stereocenters. The molecule has 0 saturated carbocycles. The van der Waals surface area contributed by atoms with Crippen molar-refractivity contribution in [3.05, 3.63) is 35.4 Å². The lowest BCUT2D eigenvalue weighted by molar-refractivity contribution is -0.140. The van der Waals surface area contributed by atoms with Gasteiger partial charge in [-0.25, -0.2) is 4.79 Å². The summed E-state index contributed by atoms with van der Waals surface area (Å²) in [5.74, 6) is -1.77. The highest BCUT2D eigenvalue weighted by Gasteiger charge is 2.19. The highest BCUT2D eigenvalue weighted by molar-refractivity contribution is 5.96. The van der Waals surface area contributed by atoms with Crippen LogP contribution in [0.25, 0.3) is 0 Å². The molecule has 0 heterocycles. The minimum atomic E-state index is -1.27. The average Bonchev–Trinajstić information content (AvgIpc) is 2.25. The van der Waals surface area contributed by atoms with Gasteiger partial charge < -0.3 is 15.5 Å². The zero-order chi connectivity index (χ0) is 12.1. The lowest BCUT2D eigenvalue weighted by Crippen LogP contribution is -2.43. The van der Waals surface area contributed by atoms with Crippen molar-refractivity contribution in [1.82, 2.24) is 5.32 Å². The number of aliphatic carboxylic acids is 1. The molecule has 1 aromatic rings. The Bertz CT molecular complexity index is 403.